The summed E-state index contributed by atoms with van der Waals surface area (Å²) < 4.78 is 12.9. The van der Waals surface area contributed by atoms with E-state index in [1.807, 2.05) is 29.1 Å². The maximum Gasteiger partial charge on any atom is 0.141 e. The second-order valence-electron chi connectivity index (χ2n) is 8.13. The molecule has 35 heavy (non-hydrogen) atoms. The third-order valence-electron chi connectivity index (χ3n) is 6.09. The second-order valence-corrected chi connectivity index (χ2v) is 8.54. The number of rotatable bonds is 7. The van der Waals surface area contributed by atoms with Gasteiger partial charge in [-0.2, -0.15) is 0 Å². The molecular formula is C26H31Cl2N5O2. The molecule has 4 heterocycles. The molecular weight excluding hydrogens is 485 g/mol. The first kappa shape index (κ1) is 26.6. The summed E-state index contributed by atoms with van der Waals surface area (Å²) in [6.07, 6.45) is 8.82. The number of aromatic nitrogens is 3. The van der Waals surface area contributed by atoms with Crippen LogP contribution < -0.4 is 19.7 Å². The molecule has 1 aliphatic rings. The molecule has 0 bridgehead atoms. The van der Waals surface area contributed by atoms with Gasteiger partial charge in [-0.1, -0.05) is 19.0 Å². The zero-order chi connectivity index (χ0) is 22.8. The van der Waals surface area contributed by atoms with Crippen LogP contribution in [0.5, 0.6) is 11.5 Å². The van der Waals surface area contributed by atoms with Crippen molar-refractivity contribution in [1.29, 1.82) is 0 Å². The van der Waals surface area contributed by atoms with Crippen LogP contribution in [-0.4, -0.2) is 47.7 Å². The molecule has 1 atom stereocenters. The van der Waals surface area contributed by atoms with E-state index in [0.717, 1.165) is 43.0 Å². The standard InChI is InChI=1S/C25H26ClN5O2.CH4.ClH/c1-32-23-13-24(33-2)21(26)12-20(23)22-16-31-10-6-19(11-25(31)29-22)30-9-5-18(15-30)28-14-17-3-7-27-8-4-17;;/h3-4,6-8,10-13,16,18,28H,5,9,14-15H2,1-2H3;1H4;1H/t18-;;/m0../s1. The highest BCUT2D eigenvalue weighted by molar-refractivity contribution is 6.32. The van der Waals surface area contributed by atoms with Crippen LogP contribution in [0.2, 0.25) is 5.02 Å². The third kappa shape index (κ3) is 5.64. The van der Waals surface area contributed by atoms with Gasteiger partial charge >= 0.3 is 0 Å². The van der Waals surface area contributed by atoms with Gasteiger partial charge in [0.05, 0.1) is 24.9 Å². The van der Waals surface area contributed by atoms with Crippen LogP contribution in [0.25, 0.3) is 16.9 Å². The van der Waals surface area contributed by atoms with Crippen LogP contribution in [0, 0.1) is 0 Å². The minimum absolute atomic E-state index is 0. The van der Waals surface area contributed by atoms with E-state index in [2.05, 4.69) is 45.7 Å². The molecule has 0 radical (unpaired) electrons. The smallest absolute Gasteiger partial charge is 0.141 e. The second kappa shape index (κ2) is 11.6. The Morgan fingerprint density at radius 1 is 1.09 bits per heavy atom. The number of pyridine rings is 2. The number of anilines is 1. The number of imidazole rings is 1. The van der Waals surface area contributed by atoms with Crippen molar-refractivity contribution < 1.29 is 9.47 Å². The Bertz CT molecular complexity index is 1270. The Morgan fingerprint density at radius 2 is 1.86 bits per heavy atom. The fourth-order valence-electron chi connectivity index (χ4n) is 4.28. The lowest BCUT2D eigenvalue weighted by Gasteiger charge is -2.19. The van der Waals surface area contributed by atoms with Crippen LogP contribution in [0.1, 0.15) is 19.4 Å². The van der Waals surface area contributed by atoms with Crippen molar-refractivity contribution in [3.63, 3.8) is 0 Å². The van der Waals surface area contributed by atoms with Gasteiger partial charge in [0.1, 0.15) is 17.1 Å². The SMILES string of the molecule is C.COc1cc(OC)c(-c2cn3ccc(N4CC[C@H](NCc5ccncc5)C4)cc3n2)cc1Cl.Cl. The van der Waals surface area contributed by atoms with Crippen molar-refractivity contribution in [3.05, 3.63) is 71.8 Å². The topological polar surface area (TPSA) is 63.9 Å². The van der Waals surface area contributed by atoms with Crippen LogP contribution in [-0.2, 0) is 6.54 Å². The molecule has 4 aromatic rings. The van der Waals surface area contributed by atoms with Gasteiger partial charge in [0.15, 0.2) is 0 Å². The lowest BCUT2D eigenvalue weighted by Crippen LogP contribution is -2.32. The monoisotopic (exact) mass is 515 g/mol. The van der Waals surface area contributed by atoms with Gasteiger partial charge in [-0.15, -0.1) is 12.4 Å². The third-order valence-corrected chi connectivity index (χ3v) is 6.39. The summed E-state index contributed by atoms with van der Waals surface area (Å²) in [4.78, 5) is 11.3. The fraction of sp³-hybridized carbons (Fsp3) is 0.308. The van der Waals surface area contributed by atoms with Crippen LogP contribution >= 0.6 is 24.0 Å². The molecule has 1 N–H and O–H groups in total. The van der Waals surface area contributed by atoms with E-state index in [4.69, 9.17) is 26.1 Å². The molecule has 3 aromatic heterocycles. The van der Waals surface area contributed by atoms with E-state index in [1.54, 1.807) is 20.3 Å². The van der Waals surface area contributed by atoms with Crippen molar-refractivity contribution >= 4 is 35.3 Å². The average molecular weight is 516 g/mol. The summed E-state index contributed by atoms with van der Waals surface area (Å²) in [6, 6.07) is 12.4. The lowest BCUT2D eigenvalue weighted by atomic mass is 10.1. The predicted molar refractivity (Wildman–Crippen MR) is 144 cm³/mol. The molecule has 1 saturated heterocycles. The zero-order valence-corrected chi connectivity index (χ0v) is 20.6. The predicted octanol–water partition coefficient (Wildman–Crippen LogP) is 5.49. The first-order chi connectivity index (χ1) is 16.1. The Balaban J connectivity index is 0.00000171. The van der Waals surface area contributed by atoms with Gasteiger partial charge in [0, 0.05) is 73.8 Å². The normalized spacial score (nSPS) is 14.9. The largest absolute Gasteiger partial charge is 0.496 e. The number of benzene rings is 1. The van der Waals surface area contributed by atoms with Gasteiger partial charge < -0.3 is 24.1 Å². The zero-order valence-electron chi connectivity index (χ0n) is 19.1. The van der Waals surface area contributed by atoms with Crippen molar-refractivity contribution in [2.75, 3.05) is 32.2 Å². The van der Waals surface area contributed by atoms with Crippen LogP contribution in [0.15, 0.2) is 61.2 Å². The number of nitrogens with zero attached hydrogens (tertiary/aromatic N) is 4. The minimum Gasteiger partial charge on any atom is -0.496 e. The lowest BCUT2D eigenvalue weighted by molar-refractivity contribution is 0.395. The van der Waals surface area contributed by atoms with Crippen LogP contribution in [0.3, 0.4) is 0 Å². The minimum atomic E-state index is 0. The molecule has 0 amide bonds. The van der Waals surface area contributed by atoms with Crippen molar-refractivity contribution in [2.45, 2.75) is 26.4 Å². The maximum atomic E-state index is 6.37. The number of methoxy groups -OCH3 is 2. The van der Waals surface area contributed by atoms with Crippen molar-refractivity contribution in [3.8, 4) is 22.8 Å². The molecule has 0 aliphatic carbocycles. The molecule has 1 aliphatic heterocycles. The van der Waals surface area contributed by atoms with Gasteiger partial charge in [-0.3, -0.25) is 4.98 Å². The fourth-order valence-corrected chi connectivity index (χ4v) is 4.52. The molecule has 186 valence electrons. The quantitative estimate of drug-likeness (QED) is 0.350. The van der Waals surface area contributed by atoms with E-state index >= 15 is 0 Å². The molecule has 0 unspecified atom stereocenters. The van der Waals surface area contributed by atoms with Gasteiger partial charge in [-0.05, 0) is 36.2 Å². The summed E-state index contributed by atoms with van der Waals surface area (Å²) in [5, 5.41) is 4.18. The van der Waals surface area contributed by atoms with Crippen LogP contribution in [0.4, 0.5) is 5.69 Å². The summed E-state index contributed by atoms with van der Waals surface area (Å²) >= 11 is 6.37. The molecule has 1 fully saturated rings. The van der Waals surface area contributed by atoms with Crippen molar-refractivity contribution in [2.24, 2.45) is 0 Å². The summed E-state index contributed by atoms with van der Waals surface area (Å²) in [5.41, 5.74) is 4.93. The molecule has 0 spiro atoms. The van der Waals surface area contributed by atoms with E-state index in [1.165, 1.54) is 11.3 Å². The maximum absolute atomic E-state index is 6.37. The van der Waals surface area contributed by atoms with Gasteiger partial charge in [0.25, 0.3) is 0 Å². The number of ether oxygens (including phenoxy) is 2. The first-order valence-corrected chi connectivity index (χ1v) is 11.3. The summed E-state index contributed by atoms with van der Waals surface area (Å²) in [5.74, 6) is 1.24. The van der Waals surface area contributed by atoms with Gasteiger partial charge in [0.2, 0.25) is 0 Å². The number of nitrogens with one attached hydrogen (secondary N) is 1. The Morgan fingerprint density at radius 3 is 2.60 bits per heavy atom. The number of fused-ring (bicyclic) bond motifs is 1. The van der Waals surface area contributed by atoms with E-state index in [9.17, 15) is 0 Å². The Hall–Kier alpha value is -3.00. The Labute approximate surface area is 217 Å². The van der Waals surface area contributed by atoms with E-state index in [0.29, 0.717) is 22.6 Å². The van der Waals surface area contributed by atoms with E-state index in [-0.39, 0.29) is 19.8 Å². The summed E-state index contributed by atoms with van der Waals surface area (Å²) in [6.45, 7) is 2.84. The number of halogens is 2. The molecule has 5 rings (SSSR count). The Kier molecular flexibility index (Phi) is 8.83. The summed E-state index contributed by atoms with van der Waals surface area (Å²) in [7, 11) is 3.22. The first-order valence-electron chi connectivity index (χ1n) is 10.9. The highest BCUT2D eigenvalue weighted by Gasteiger charge is 2.23. The average Bonchev–Trinajstić information content (AvgIpc) is 3.50. The highest BCUT2D eigenvalue weighted by atomic mass is 35.5. The molecule has 1 aromatic carbocycles. The number of hydrogen-bond donors (Lipinski definition) is 1. The molecule has 7 nitrogen and oxygen atoms in total. The van der Waals surface area contributed by atoms with Gasteiger partial charge in [-0.25, -0.2) is 4.98 Å². The van der Waals surface area contributed by atoms with Crippen molar-refractivity contribution in [1.82, 2.24) is 19.7 Å². The molecule has 9 heteroatoms. The molecule has 0 saturated carbocycles. The number of hydrogen-bond acceptors (Lipinski definition) is 6. The highest BCUT2D eigenvalue weighted by Crippen LogP contribution is 2.38. The van der Waals surface area contributed by atoms with E-state index < -0.39 is 0 Å².